The minimum Gasteiger partial charge on any atom is -0.444 e. The monoisotopic (exact) mass is 535 g/mol. The Morgan fingerprint density at radius 2 is 1.72 bits per heavy atom. The Kier molecular flexibility index (Phi) is 12.2. The number of carbonyl (C=O) groups is 3. The van der Waals surface area contributed by atoms with Crippen LogP contribution in [0.25, 0.3) is 6.08 Å². The molecule has 0 aliphatic rings. The van der Waals surface area contributed by atoms with Crippen molar-refractivity contribution in [1.82, 2.24) is 15.5 Å². The van der Waals surface area contributed by atoms with Crippen LogP contribution in [0.1, 0.15) is 83.5 Å². The third kappa shape index (κ3) is 10.2. The molecule has 2 atom stereocenters. The minimum atomic E-state index is -0.889. The first-order chi connectivity index (χ1) is 18.5. The Labute approximate surface area is 234 Å². The largest absolute Gasteiger partial charge is 0.444 e. The Hall–Kier alpha value is -3.61. The number of ether oxygens (including phenoxy) is 1. The van der Waals surface area contributed by atoms with Crippen LogP contribution < -0.4 is 10.6 Å². The first kappa shape index (κ1) is 31.6. The van der Waals surface area contributed by atoms with Gasteiger partial charge in [0.2, 0.25) is 11.8 Å². The standard InChI is InChI=1S/C32H45N3O4/c1-8-10-14-20-35(30(37)27(23(3)4)34-31(38)39-32(5,6)7)28(26-19-15-18-24(9-2)21-26)29(36)33-22-25-16-12-11-13-17-25/h9,11-13,15-19,21,23,27-28H,2,8,10,14,20,22H2,1,3-7H3,(H,33,36)(H,34,38). The van der Waals surface area contributed by atoms with E-state index in [4.69, 9.17) is 4.74 Å². The Morgan fingerprint density at radius 3 is 2.31 bits per heavy atom. The Bertz CT molecular complexity index is 1090. The van der Waals surface area contributed by atoms with Crippen molar-refractivity contribution < 1.29 is 19.1 Å². The van der Waals surface area contributed by atoms with Crippen molar-refractivity contribution in [3.8, 4) is 0 Å². The number of amides is 3. The summed E-state index contributed by atoms with van der Waals surface area (Å²) in [6.45, 7) is 15.7. The van der Waals surface area contributed by atoms with E-state index in [9.17, 15) is 14.4 Å². The summed E-state index contributed by atoms with van der Waals surface area (Å²) in [5.41, 5.74) is 1.78. The van der Waals surface area contributed by atoms with Crippen molar-refractivity contribution >= 4 is 24.0 Å². The molecule has 0 spiro atoms. The molecule has 7 heteroatoms. The number of benzene rings is 2. The first-order valence-electron chi connectivity index (χ1n) is 13.8. The van der Waals surface area contributed by atoms with E-state index in [2.05, 4.69) is 24.1 Å². The number of unbranched alkanes of at least 4 members (excludes halogenated alkanes) is 2. The molecule has 7 nitrogen and oxygen atoms in total. The van der Waals surface area contributed by atoms with Crippen LogP contribution in [0, 0.1) is 5.92 Å². The summed E-state index contributed by atoms with van der Waals surface area (Å²) in [6.07, 6.45) is 3.64. The summed E-state index contributed by atoms with van der Waals surface area (Å²) in [5, 5.41) is 5.80. The molecule has 2 N–H and O–H groups in total. The molecule has 0 bridgehead atoms. The Morgan fingerprint density at radius 1 is 1.03 bits per heavy atom. The smallest absolute Gasteiger partial charge is 0.408 e. The van der Waals surface area contributed by atoms with Gasteiger partial charge in [-0.25, -0.2) is 4.79 Å². The van der Waals surface area contributed by atoms with Gasteiger partial charge in [-0.15, -0.1) is 0 Å². The number of alkyl carbamates (subject to hydrolysis) is 1. The lowest BCUT2D eigenvalue weighted by molar-refractivity contribution is -0.143. The highest BCUT2D eigenvalue weighted by Crippen LogP contribution is 2.26. The van der Waals surface area contributed by atoms with Crippen molar-refractivity contribution in [3.05, 3.63) is 77.9 Å². The van der Waals surface area contributed by atoms with Crippen LogP contribution in [0.15, 0.2) is 61.2 Å². The van der Waals surface area contributed by atoms with Gasteiger partial charge in [0.25, 0.3) is 0 Å². The molecule has 0 aromatic heterocycles. The van der Waals surface area contributed by atoms with Gasteiger partial charge >= 0.3 is 6.09 Å². The predicted octanol–water partition coefficient (Wildman–Crippen LogP) is 6.26. The summed E-state index contributed by atoms with van der Waals surface area (Å²) < 4.78 is 5.45. The molecule has 212 valence electrons. The fourth-order valence-corrected chi connectivity index (χ4v) is 4.24. The number of rotatable bonds is 13. The van der Waals surface area contributed by atoms with Crippen LogP contribution in [0.5, 0.6) is 0 Å². The van der Waals surface area contributed by atoms with Crippen molar-refractivity contribution in [2.45, 2.75) is 85.0 Å². The van der Waals surface area contributed by atoms with Crippen molar-refractivity contribution in [3.63, 3.8) is 0 Å². The number of nitrogens with zero attached hydrogens (tertiary/aromatic N) is 1. The summed E-state index contributed by atoms with van der Waals surface area (Å²) in [5.74, 6) is -0.841. The maximum absolute atomic E-state index is 14.2. The van der Waals surface area contributed by atoms with Gasteiger partial charge in [-0.2, -0.15) is 0 Å². The highest BCUT2D eigenvalue weighted by Gasteiger charge is 2.37. The van der Waals surface area contributed by atoms with E-state index >= 15 is 0 Å². The van der Waals surface area contributed by atoms with E-state index in [0.717, 1.165) is 30.4 Å². The molecule has 0 aliphatic heterocycles. The number of hydrogen-bond donors (Lipinski definition) is 2. The molecule has 3 amide bonds. The molecule has 2 aromatic carbocycles. The second-order valence-electron chi connectivity index (χ2n) is 11.1. The summed E-state index contributed by atoms with van der Waals surface area (Å²) >= 11 is 0. The van der Waals surface area contributed by atoms with Gasteiger partial charge in [-0.05, 0) is 55.9 Å². The van der Waals surface area contributed by atoms with Crippen LogP contribution in [0.3, 0.4) is 0 Å². The molecular weight excluding hydrogens is 490 g/mol. The highest BCUT2D eigenvalue weighted by atomic mass is 16.6. The topological polar surface area (TPSA) is 87.7 Å². The molecule has 0 saturated carbocycles. The van der Waals surface area contributed by atoms with E-state index in [1.165, 1.54) is 0 Å². The Balaban J connectivity index is 2.49. The molecule has 0 fully saturated rings. The summed E-state index contributed by atoms with van der Waals surface area (Å²) in [7, 11) is 0. The normalized spacial score (nSPS) is 12.8. The maximum atomic E-state index is 14.2. The third-order valence-electron chi connectivity index (χ3n) is 6.22. The van der Waals surface area contributed by atoms with E-state index < -0.39 is 23.8 Å². The number of nitrogens with one attached hydrogen (secondary N) is 2. The predicted molar refractivity (Wildman–Crippen MR) is 157 cm³/mol. The lowest BCUT2D eigenvalue weighted by Crippen LogP contribution is -2.55. The van der Waals surface area contributed by atoms with Crippen LogP contribution in [0.2, 0.25) is 0 Å². The van der Waals surface area contributed by atoms with Crippen molar-refractivity contribution in [2.75, 3.05) is 6.54 Å². The summed E-state index contributed by atoms with van der Waals surface area (Å²) in [6, 6.07) is 15.4. The zero-order valence-corrected chi connectivity index (χ0v) is 24.3. The molecule has 2 aromatic rings. The van der Waals surface area contributed by atoms with Crippen molar-refractivity contribution in [1.29, 1.82) is 0 Å². The maximum Gasteiger partial charge on any atom is 0.408 e. The zero-order valence-electron chi connectivity index (χ0n) is 24.3. The van der Waals surface area contributed by atoms with Gasteiger partial charge < -0.3 is 20.3 Å². The fraction of sp³-hybridized carbons (Fsp3) is 0.469. The van der Waals surface area contributed by atoms with Crippen LogP contribution in [0.4, 0.5) is 4.79 Å². The van der Waals surface area contributed by atoms with E-state index in [-0.39, 0.29) is 17.7 Å². The SMILES string of the molecule is C=Cc1cccc(C(C(=O)NCc2ccccc2)N(CCCCC)C(=O)C(NC(=O)OC(C)(C)C)C(C)C)c1. The average molecular weight is 536 g/mol. The van der Waals surface area contributed by atoms with E-state index in [1.54, 1.807) is 31.7 Å². The molecule has 0 radical (unpaired) electrons. The number of carbonyl (C=O) groups excluding carboxylic acids is 3. The van der Waals surface area contributed by atoms with Crippen LogP contribution in [-0.2, 0) is 20.9 Å². The number of hydrogen-bond acceptors (Lipinski definition) is 4. The lowest BCUT2D eigenvalue weighted by Gasteiger charge is -2.35. The quantitative estimate of drug-likeness (QED) is 0.297. The van der Waals surface area contributed by atoms with Crippen LogP contribution in [-0.4, -0.2) is 41.0 Å². The van der Waals surface area contributed by atoms with Gasteiger partial charge in [-0.1, -0.05) is 94.8 Å². The summed E-state index contributed by atoms with van der Waals surface area (Å²) in [4.78, 5) is 42.3. The highest BCUT2D eigenvalue weighted by molar-refractivity contribution is 5.92. The zero-order chi connectivity index (χ0) is 29.0. The van der Waals surface area contributed by atoms with Gasteiger partial charge in [0.05, 0.1) is 0 Å². The molecule has 2 rings (SSSR count). The molecule has 0 heterocycles. The minimum absolute atomic E-state index is 0.230. The lowest BCUT2D eigenvalue weighted by atomic mass is 9.97. The van der Waals surface area contributed by atoms with E-state index in [0.29, 0.717) is 18.7 Å². The van der Waals surface area contributed by atoms with Crippen molar-refractivity contribution in [2.24, 2.45) is 5.92 Å². The second kappa shape index (κ2) is 15.1. The van der Waals surface area contributed by atoms with Gasteiger partial charge in [-0.3, -0.25) is 9.59 Å². The third-order valence-corrected chi connectivity index (χ3v) is 6.22. The van der Waals surface area contributed by atoms with Gasteiger partial charge in [0.15, 0.2) is 0 Å². The van der Waals surface area contributed by atoms with Gasteiger partial charge in [0, 0.05) is 13.1 Å². The molecular formula is C32H45N3O4. The molecule has 39 heavy (non-hydrogen) atoms. The van der Waals surface area contributed by atoms with Gasteiger partial charge in [0.1, 0.15) is 17.7 Å². The van der Waals surface area contributed by atoms with E-state index in [1.807, 2.05) is 68.4 Å². The molecule has 0 saturated heterocycles. The average Bonchev–Trinajstić information content (AvgIpc) is 2.89. The fourth-order valence-electron chi connectivity index (χ4n) is 4.24. The molecule has 0 aliphatic carbocycles. The second-order valence-corrected chi connectivity index (χ2v) is 11.1. The molecule has 2 unspecified atom stereocenters. The van der Waals surface area contributed by atoms with Crippen LogP contribution >= 0.6 is 0 Å². The first-order valence-corrected chi connectivity index (χ1v) is 13.8.